The standard InChI is InChI=1S/C13H12O5/c1-7-5-11(18-12(7)14)16-6-9-8-3-2-4-10(8)17-13(9)15/h2-3,5-6,8,10-11H,4H2,1H3. The summed E-state index contributed by atoms with van der Waals surface area (Å²) in [4.78, 5) is 22.7. The van der Waals surface area contributed by atoms with E-state index in [-0.39, 0.29) is 18.0 Å². The number of rotatable bonds is 2. The summed E-state index contributed by atoms with van der Waals surface area (Å²) in [7, 11) is 0. The molecule has 1 saturated heterocycles. The monoisotopic (exact) mass is 248 g/mol. The topological polar surface area (TPSA) is 61.8 Å². The number of carbonyl (C=O) groups is 2. The van der Waals surface area contributed by atoms with Crippen molar-refractivity contribution >= 4 is 11.9 Å². The number of cyclic esters (lactones) is 1. The molecule has 1 aliphatic carbocycles. The Labute approximate surface area is 104 Å². The third-order valence-corrected chi connectivity index (χ3v) is 3.23. The lowest BCUT2D eigenvalue weighted by atomic mass is 10.0. The molecule has 0 bridgehead atoms. The Balaban J connectivity index is 1.71. The van der Waals surface area contributed by atoms with Gasteiger partial charge >= 0.3 is 11.9 Å². The maximum Gasteiger partial charge on any atom is 0.338 e. The molecule has 3 rings (SSSR count). The number of hydrogen-bond donors (Lipinski definition) is 0. The second-order valence-electron chi connectivity index (χ2n) is 4.47. The highest BCUT2D eigenvalue weighted by molar-refractivity contribution is 5.92. The van der Waals surface area contributed by atoms with Crippen LogP contribution in [0.15, 0.2) is 35.6 Å². The van der Waals surface area contributed by atoms with Crippen LogP contribution in [0.25, 0.3) is 0 Å². The van der Waals surface area contributed by atoms with E-state index < -0.39 is 12.3 Å². The average molecular weight is 248 g/mol. The van der Waals surface area contributed by atoms with Crippen molar-refractivity contribution in [1.82, 2.24) is 0 Å². The van der Waals surface area contributed by atoms with Crippen LogP contribution in [0, 0.1) is 5.92 Å². The Morgan fingerprint density at radius 3 is 2.89 bits per heavy atom. The highest BCUT2D eigenvalue weighted by Gasteiger charge is 2.40. The van der Waals surface area contributed by atoms with Gasteiger partial charge in [-0.2, -0.15) is 0 Å². The molecule has 0 spiro atoms. The molecular weight excluding hydrogens is 236 g/mol. The van der Waals surface area contributed by atoms with Gasteiger partial charge in [-0.15, -0.1) is 0 Å². The molecule has 0 aromatic rings. The first-order valence-electron chi connectivity index (χ1n) is 5.78. The largest absolute Gasteiger partial charge is 0.458 e. The fourth-order valence-electron chi connectivity index (χ4n) is 2.24. The summed E-state index contributed by atoms with van der Waals surface area (Å²) in [6, 6.07) is 0. The van der Waals surface area contributed by atoms with E-state index in [4.69, 9.17) is 14.2 Å². The Morgan fingerprint density at radius 2 is 2.17 bits per heavy atom. The minimum Gasteiger partial charge on any atom is -0.458 e. The second-order valence-corrected chi connectivity index (χ2v) is 4.47. The predicted octanol–water partition coefficient (Wildman–Crippen LogP) is 1.22. The number of esters is 2. The molecule has 2 heterocycles. The van der Waals surface area contributed by atoms with E-state index in [9.17, 15) is 9.59 Å². The predicted molar refractivity (Wildman–Crippen MR) is 59.9 cm³/mol. The molecule has 0 aromatic heterocycles. The molecule has 5 heteroatoms. The van der Waals surface area contributed by atoms with E-state index in [1.165, 1.54) is 6.26 Å². The van der Waals surface area contributed by atoms with Gasteiger partial charge in [0.15, 0.2) is 0 Å². The number of carbonyl (C=O) groups excluding carboxylic acids is 2. The van der Waals surface area contributed by atoms with Crippen molar-refractivity contribution in [2.45, 2.75) is 25.7 Å². The minimum atomic E-state index is -0.748. The van der Waals surface area contributed by atoms with Crippen LogP contribution >= 0.6 is 0 Å². The van der Waals surface area contributed by atoms with Crippen LogP contribution < -0.4 is 0 Å². The zero-order valence-electron chi connectivity index (χ0n) is 9.79. The molecular formula is C13H12O5. The van der Waals surface area contributed by atoms with Crippen LogP contribution in [0.3, 0.4) is 0 Å². The fraction of sp³-hybridized carbons (Fsp3) is 0.385. The third-order valence-electron chi connectivity index (χ3n) is 3.23. The summed E-state index contributed by atoms with van der Waals surface area (Å²) in [6.07, 6.45) is 6.72. The van der Waals surface area contributed by atoms with Gasteiger partial charge in [0, 0.05) is 24.0 Å². The van der Waals surface area contributed by atoms with Gasteiger partial charge in [-0.3, -0.25) is 0 Å². The van der Waals surface area contributed by atoms with Gasteiger partial charge in [0.1, 0.15) is 6.10 Å². The molecule has 5 nitrogen and oxygen atoms in total. The van der Waals surface area contributed by atoms with Crippen molar-refractivity contribution in [2.75, 3.05) is 0 Å². The van der Waals surface area contributed by atoms with E-state index in [1.54, 1.807) is 13.0 Å². The zero-order valence-corrected chi connectivity index (χ0v) is 9.79. The summed E-state index contributed by atoms with van der Waals surface area (Å²) in [5.74, 6) is -0.801. The average Bonchev–Trinajstić information content (AvgIpc) is 2.94. The first-order chi connectivity index (χ1) is 8.65. The Hall–Kier alpha value is -2.04. The maximum absolute atomic E-state index is 11.6. The molecule has 3 aliphatic rings. The lowest BCUT2D eigenvalue weighted by Gasteiger charge is -2.09. The van der Waals surface area contributed by atoms with Gasteiger partial charge in [-0.05, 0) is 6.92 Å². The summed E-state index contributed by atoms with van der Waals surface area (Å²) < 4.78 is 15.4. The van der Waals surface area contributed by atoms with E-state index in [0.29, 0.717) is 11.1 Å². The normalized spacial score (nSPS) is 35.5. The van der Waals surface area contributed by atoms with Crippen LogP contribution in [0.2, 0.25) is 0 Å². The van der Waals surface area contributed by atoms with Gasteiger partial charge < -0.3 is 14.2 Å². The van der Waals surface area contributed by atoms with Crippen LogP contribution in [0.4, 0.5) is 0 Å². The van der Waals surface area contributed by atoms with Crippen molar-refractivity contribution in [3.63, 3.8) is 0 Å². The smallest absolute Gasteiger partial charge is 0.338 e. The molecule has 0 saturated carbocycles. The van der Waals surface area contributed by atoms with Crippen LogP contribution in [0.1, 0.15) is 13.3 Å². The molecule has 0 radical (unpaired) electrons. The first-order valence-corrected chi connectivity index (χ1v) is 5.78. The Bertz CT molecular complexity index is 500. The van der Waals surface area contributed by atoms with Crippen molar-refractivity contribution < 1.29 is 23.8 Å². The van der Waals surface area contributed by atoms with Crippen molar-refractivity contribution in [3.8, 4) is 0 Å². The molecule has 94 valence electrons. The Kier molecular flexibility index (Phi) is 2.47. The van der Waals surface area contributed by atoms with E-state index in [0.717, 1.165) is 6.42 Å². The SMILES string of the molecule is CC1=CC(OC=C2C(=O)OC3CC=CC23)OC1=O. The summed E-state index contributed by atoms with van der Waals surface area (Å²) in [5, 5.41) is 0. The molecule has 0 N–H and O–H groups in total. The quantitative estimate of drug-likeness (QED) is 0.318. The number of fused-ring (bicyclic) bond motifs is 1. The molecule has 0 amide bonds. The summed E-state index contributed by atoms with van der Waals surface area (Å²) in [6.45, 7) is 1.65. The molecule has 2 aliphatic heterocycles. The summed E-state index contributed by atoms with van der Waals surface area (Å²) >= 11 is 0. The van der Waals surface area contributed by atoms with E-state index in [2.05, 4.69) is 0 Å². The van der Waals surface area contributed by atoms with Crippen molar-refractivity contribution in [3.05, 3.63) is 35.6 Å². The Morgan fingerprint density at radius 1 is 1.33 bits per heavy atom. The van der Waals surface area contributed by atoms with Gasteiger partial charge in [0.25, 0.3) is 6.29 Å². The first kappa shape index (κ1) is 11.1. The van der Waals surface area contributed by atoms with Gasteiger partial charge in [-0.25, -0.2) is 9.59 Å². The summed E-state index contributed by atoms with van der Waals surface area (Å²) in [5.41, 5.74) is 0.980. The van der Waals surface area contributed by atoms with Crippen molar-refractivity contribution in [1.29, 1.82) is 0 Å². The minimum absolute atomic E-state index is 0.0420. The molecule has 3 atom stereocenters. The van der Waals surface area contributed by atoms with Crippen LogP contribution in [0.5, 0.6) is 0 Å². The van der Waals surface area contributed by atoms with E-state index >= 15 is 0 Å². The number of ether oxygens (including phenoxy) is 3. The van der Waals surface area contributed by atoms with Crippen LogP contribution in [-0.4, -0.2) is 24.3 Å². The molecule has 0 aromatic carbocycles. The second kappa shape index (κ2) is 4.01. The third kappa shape index (κ3) is 1.72. The van der Waals surface area contributed by atoms with Crippen LogP contribution in [-0.2, 0) is 23.8 Å². The highest BCUT2D eigenvalue weighted by Crippen LogP contribution is 2.35. The van der Waals surface area contributed by atoms with Gasteiger partial charge in [0.2, 0.25) is 0 Å². The number of hydrogen-bond acceptors (Lipinski definition) is 5. The highest BCUT2D eigenvalue weighted by atomic mass is 16.7. The maximum atomic E-state index is 11.6. The van der Waals surface area contributed by atoms with Gasteiger partial charge in [-0.1, -0.05) is 12.2 Å². The van der Waals surface area contributed by atoms with Crippen molar-refractivity contribution in [2.24, 2.45) is 5.92 Å². The van der Waals surface area contributed by atoms with Gasteiger partial charge in [0.05, 0.1) is 11.8 Å². The molecule has 18 heavy (non-hydrogen) atoms. The fourth-order valence-corrected chi connectivity index (χ4v) is 2.24. The van der Waals surface area contributed by atoms with E-state index in [1.807, 2.05) is 12.2 Å². The zero-order chi connectivity index (χ0) is 12.7. The lowest BCUT2D eigenvalue weighted by molar-refractivity contribution is -0.152. The molecule has 3 unspecified atom stereocenters. The lowest BCUT2D eigenvalue weighted by Crippen LogP contribution is -2.11. The molecule has 1 fully saturated rings.